The molecule has 3 heterocycles. The lowest BCUT2D eigenvalue weighted by molar-refractivity contribution is 1.15. The van der Waals surface area contributed by atoms with E-state index >= 15 is 0 Å². The Balaban J connectivity index is 1.26. The summed E-state index contributed by atoms with van der Waals surface area (Å²) in [6, 6.07) is 41.4. The maximum absolute atomic E-state index is 4.99. The highest BCUT2D eigenvalue weighted by Crippen LogP contribution is 2.29. The zero-order valence-corrected chi connectivity index (χ0v) is 20.5. The van der Waals surface area contributed by atoms with Crippen LogP contribution >= 0.6 is 0 Å². The summed E-state index contributed by atoms with van der Waals surface area (Å²) in [5, 5.41) is 2.09. The van der Waals surface area contributed by atoms with E-state index in [0.717, 1.165) is 55.4 Å². The van der Waals surface area contributed by atoms with Gasteiger partial charge in [-0.05, 0) is 34.9 Å². The lowest BCUT2D eigenvalue weighted by atomic mass is 10.0. The highest BCUT2D eigenvalue weighted by atomic mass is 14.9. The van der Waals surface area contributed by atoms with Crippen LogP contribution in [0.15, 0.2) is 134 Å². The summed E-state index contributed by atoms with van der Waals surface area (Å²) >= 11 is 0. The number of rotatable bonds is 4. The number of fused-ring (bicyclic) bond motifs is 3. The molecule has 178 valence electrons. The average molecular weight is 487 g/mol. The Kier molecular flexibility index (Phi) is 5.41. The van der Waals surface area contributed by atoms with Crippen molar-refractivity contribution in [2.75, 3.05) is 0 Å². The molecule has 0 spiro atoms. The van der Waals surface area contributed by atoms with Gasteiger partial charge in [0.1, 0.15) is 5.69 Å². The number of hydrogen-bond acceptors (Lipinski definition) is 4. The molecule has 0 fully saturated rings. The van der Waals surface area contributed by atoms with Crippen molar-refractivity contribution in [2.24, 2.45) is 0 Å². The highest BCUT2D eigenvalue weighted by Gasteiger charge is 2.11. The van der Waals surface area contributed by atoms with Crippen LogP contribution in [0.4, 0.5) is 0 Å². The zero-order chi connectivity index (χ0) is 25.3. The van der Waals surface area contributed by atoms with Crippen LogP contribution in [0, 0.1) is 0 Å². The second-order valence-corrected chi connectivity index (χ2v) is 9.21. The first-order valence-electron chi connectivity index (χ1n) is 12.6. The van der Waals surface area contributed by atoms with E-state index in [-0.39, 0.29) is 0 Å². The van der Waals surface area contributed by atoms with Gasteiger partial charge in [0.05, 0.1) is 16.7 Å². The van der Waals surface area contributed by atoms with Crippen molar-refractivity contribution < 1.29 is 0 Å². The molecule has 0 aliphatic heterocycles. The van der Waals surface area contributed by atoms with Crippen molar-refractivity contribution in [3.05, 3.63) is 134 Å². The maximum Gasteiger partial charge on any atom is 0.178 e. The Morgan fingerprint density at radius 1 is 0.368 bits per heavy atom. The molecule has 38 heavy (non-hydrogen) atoms. The monoisotopic (exact) mass is 486 g/mol. The fraction of sp³-hybridized carbons (Fsp3) is 0. The van der Waals surface area contributed by atoms with E-state index < -0.39 is 0 Å². The molecular weight excluding hydrogens is 464 g/mol. The van der Waals surface area contributed by atoms with Crippen LogP contribution < -0.4 is 0 Å². The molecule has 0 unspecified atom stereocenters. The molecule has 3 aromatic heterocycles. The van der Waals surface area contributed by atoms with E-state index in [1.807, 2.05) is 42.7 Å². The van der Waals surface area contributed by atoms with Gasteiger partial charge in [-0.3, -0.25) is 0 Å². The van der Waals surface area contributed by atoms with Gasteiger partial charge in [-0.2, -0.15) is 0 Å². The van der Waals surface area contributed by atoms with Crippen LogP contribution in [0.1, 0.15) is 0 Å². The molecule has 4 aromatic carbocycles. The van der Waals surface area contributed by atoms with E-state index in [9.17, 15) is 0 Å². The van der Waals surface area contributed by atoms with Crippen molar-refractivity contribution in [3.63, 3.8) is 0 Å². The summed E-state index contributed by atoms with van der Waals surface area (Å²) < 4.78 is 0. The third kappa shape index (κ3) is 4.08. The quantitative estimate of drug-likeness (QED) is 0.235. The number of pyridine rings is 2. The second kappa shape index (κ2) is 9.34. The third-order valence-corrected chi connectivity index (χ3v) is 6.77. The van der Waals surface area contributed by atoms with E-state index in [4.69, 9.17) is 9.97 Å². The lowest BCUT2D eigenvalue weighted by Gasteiger charge is -2.08. The van der Waals surface area contributed by atoms with Gasteiger partial charge in [-0.15, -0.1) is 0 Å². The van der Waals surface area contributed by atoms with Crippen LogP contribution in [-0.4, -0.2) is 19.9 Å². The fourth-order valence-corrected chi connectivity index (χ4v) is 4.78. The number of hydrogen-bond donors (Lipinski definition) is 0. The van der Waals surface area contributed by atoms with Crippen LogP contribution in [0.3, 0.4) is 0 Å². The van der Waals surface area contributed by atoms with Gasteiger partial charge >= 0.3 is 0 Å². The molecule has 0 saturated carbocycles. The first-order valence-corrected chi connectivity index (χ1v) is 12.6. The van der Waals surface area contributed by atoms with E-state index in [0.29, 0.717) is 5.82 Å². The van der Waals surface area contributed by atoms with E-state index in [1.54, 1.807) is 0 Å². The summed E-state index contributed by atoms with van der Waals surface area (Å²) in [5.41, 5.74) is 8.85. The molecule has 7 rings (SSSR count). The van der Waals surface area contributed by atoms with E-state index in [2.05, 4.69) is 101 Å². The summed E-state index contributed by atoms with van der Waals surface area (Å²) in [4.78, 5) is 19.3. The summed E-state index contributed by atoms with van der Waals surface area (Å²) in [5.74, 6) is 0.589. The van der Waals surface area contributed by atoms with Gasteiger partial charge in [-0.25, -0.2) is 19.9 Å². The van der Waals surface area contributed by atoms with Crippen LogP contribution in [-0.2, 0) is 0 Å². The van der Waals surface area contributed by atoms with Gasteiger partial charge in [-0.1, -0.05) is 103 Å². The Bertz CT molecular complexity index is 1900. The van der Waals surface area contributed by atoms with Crippen LogP contribution in [0.2, 0.25) is 0 Å². The largest absolute Gasteiger partial charge is 0.245 e. The first-order chi connectivity index (χ1) is 18.8. The van der Waals surface area contributed by atoms with Gasteiger partial charge in [0.2, 0.25) is 0 Å². The Morgan fingerprint density at radius 2 is 0.868 bits per heavy atom. The topological polar surface area (TPSA) is 51.6 Å². The SMILES string of the molecule is c1ccc(-c2cccc(-c3cnc(-c4ccc5ccc6ccc(-c7ccccc7)nc6c5n4)nc3)c2)cc1. The lowest BCUT2D eigenvalue weighted by Crippen LogP contribution is -1.94. The molecule has 0 atom stereocenters. The Morgan fingerprint density at radius 3 is 1.53 bits per heavy atom. The fourth-order valence-electron chi connectivity index (χ4n) is 4.78. The molecule has 4 heteroatoms. The minimum atomic E-state index is 0.589. The molecule has 0 bridgehead atoms. The summed E-state index contributed by atoms with van der Waals surface area (Å²) in [6.45, 7) is 0. The van der Waals surface area contributed by atoms with Crippen molar-refractivity contribution in [1.82, 2.24) is 19.9 Å². The highest BCUT2D eigenvalue weighted by molar-refractivity contribution is 6.04. The van der Waals surface area contributed by atoms with Crippen molar-refractivity contribution in [2.45, 2.75) is 0 Å². The molecule has 0 N–H and O–H groups in total. The molecule has 0 aliphatic carbocycles. The predicted molar refractivity (Wildman–Crippen MR) is 154 cm³/mol. The van der Waals surface area contributed by atoms with Crippen molar-refractivity contribution in [3.8, 4) is 45.0 Å². The molecule has 0 aliphatic rings. The van der Waals surface area contributed by atoms with Crippen molar-refractivity contribution >= 4 is 21.8 Å². The minimum Gasteiger partial charge on any atom is -0.245 e. The molecule has 7 aromatic rings. The molecular formula is C34H22N4. The predicted octanol–water partition coefficient (Wildman–Crippen LogP) is 8.24. The normalized spacial score (nSPS) is 11.2. The summed E-state index contributed by atoms with van der Waals surface area (Å²) in [6.07, 6.45) is 3.74. The van der Waals surface area contributed by atoms with Crippen LogP contribution in [0.5, 0.6) is 0 Å². The molecule has 0 saturated heterocycles. The van der Waals surface area contributed by atoms with Gasteiger partial charge in [0, 0.05) is 34.3 Å². The number of benzene rings is 4. The standard InChI is InChI=1S/C34H22N4/c1-3-8-23(9-4-1)27-12-7-13-28(20-27)29-21-35-34(36-22-29)31-19-17-26-15-14-25-16-18-30(24-10-5-2-6-11-24)37-32(25)33(26)38-31/h1-22H. The minimum absolute atomic E-state index is 0.589. The average Bonchev–Trinajstić information content (AvgIpc) is 3.01. The maximum atomic E-state index is 4.99. The van der Waals surface area contributed by atoms with Gasteiger partial charge in [0.25, 0.3) is 0 Å². The number of nitrogens with zero attached hydrogens (tertiary/aromatic N) is 4. The molecule has 0 amide bonds. The Hall–Kier alpha value is -5.22. The first kappa shape index (κ1) is 22.0. The number of aromatic nitrogens is 4. The third-order valence-electron chi connectivity index (χ3n) is 6.77. The van der Waals surface area contributed by atoms with E-state index in [1.165, 1.54) is 5.56 Å². The van der Waals surface area contributed by atoms with Crippen molar-refractivity contribution in [1.29, 1.82) is 0 Å². The second-order valence-electron chi connectivity index (χ2n) is 9.21. The summed E-state index contributed by atoms with van der Waals surface area (Å²) in [7, 11) is 0. The smallest absolute Gasteiger partial charge is 0.178 e. The van der Waals surface area contributed by atoms with Gasteiger partial charge in [0.15, 0.2) is 5.82 Å². The molecule has 4 nitrogen and oxygen atoms in total. The zero-order valence-electron chi connectivity index (χ0n) is 20.5. The van der Waals surface area contributed by atoms with Gasteiger partial charge < -0.3 is 0 Å². The molecule has 0 radical (unpaired) electrons. The Labute approximate surface area is 220 Å². The van der Waals surface area contributed by atoms with Crippen LogP contribution in [0.25, 0.3) is 66.8 Å².